The molecule has 6 heteroatoms. The summed E-state index contributed by atoms with van der Waals surface area (Å²) in [5.74, 6) is 0. The van der Waals surface area contributed by atoms with Crippen LogP contribution in [0.3, 0.4) is 0 Å². The highest BCUT2D eigenvalue weighted by Crippen LogP contribution is 2.36. The smallest absolute Gasteiger partial charge is 0.147 e. The lowest BCUT2D eigenvalue weighted by Crippen LogP contribution is -2.28. The first-order chi connectivity index (χ1) is 8.49. The minimum Gasteiger partial charge on any atom is -0.301 e. The molecule has 0 atom stereocenters. The van der Waals surface area contributed by atoms with Crippen LogP contribution in [0.1, 0.15) is 13.8 Å². The van der Waals surface area contributed by atoms with Crippen LogP contribution >= 0.6 is 34.7 Å². The highest BCUT2D eigenvalue weighted by atomic mass is 35.5. The first-order valence-corrected chi connectivity index (χ1v) is 7.86. The Balaban J connectivity index is 2.56. The fourth-order valence-electron chi connectivity index (χ4n) is 1.49. The van der Waals surface area contributed by atoms with Gasteiger partial charge in [0, 0.05) is 22.5 Å². The fraction of sp³-hybridized carbons (Fsp3) is 0.333. The van der Waals surface area contributed by atoms with Gasteiger partial charge >= 0.3 is 0 Å². The molecule has 2 aromatic heterocycles. The van der Waals surface area contributed by atoms with E-state index in [4.69, 9.17) is 11.6 Å². The van der Waals surface area contributed by atoms with E-state index in [9.17, 15) is 4.79 Å². The van der Waals surface area contributed by atoms with Crippen molar-refractivity contribution in [2.45, 2.75) is 24.3 Å². The predicted octanol–water partition coefficient (Wildman–Crippen LogP) is 3.92. The summed E-state index contributed by atoms with van der Waals surface area (Å²) in [6.45, 7) is 3.66. The van der Waals surface area contributed by atoms with Crippen molar-refractivity contribution in [2.75, 3.05) is 6.26 Å². The molecule has 0 unspecified atom stereocenters. The maximum atomic E-state index is 11.1. The van der Waals surface area contributed by atoms with Gasteiger partial charge in [0.2, 0.25) is 0 Å². The highest BCUT2D eigenvalue weighted by molar-refractivity contribution is 7.98. The van der Waals surface area contributed by atoms with Gasteiger partial charge in [-0.1, -0.05) is 11.6 Å². The predicted molar refractivity (Wildman–Crippen MR) is 77.7 cm³/mol. The quantitative estimate of drug-likeness (QED) is 0.634. The summed E-state index contributed by atoms with van der Waals surface area (Å²) >= 11 is 9.28. The molecule has 0 aliphatic heterocycles. The van der Waals surface area contributed by atoms with Gasteiger partial charge < -0.3 is 4.79 Å². The monoisotopic (exact) mass is 300 g/mol. The van der Waals surface area contributed by atoms with Gasteiger partial charge in [-0.15, -0.1) is 11.8 Å². The van der Waals surface area contributed by atoms with Crippen molar-refractivity contribution in [3.63, 3.8) is 0 Å². The molecule has 2 rings (SSSR count). The Kier molecular flexibility index (Phi) is 3.84. The van der Waals surface area contributed by atoms with Crippen LogP contribution in [-0.4, -0.2) is 22.3 Å². The second kappa shape index (κ2) is 5.07. The minimum atomic E-state index is -0.648. The summed E-state index contributed by atoms with van der Waals surface area (Å²) in [6.07, 6.45) is 4.77. The van der Waals surface area contributed by atoms with Crippen LogP contribution in [0.5, 0.6) is 0 Å². The van der Waals surface area contributed by atoms with Crippen molar-refractivity contribution in [3.05, 3.63) is 22.0 Å². The number of carbonyl (C=O) groups is 1. The molecule has 0 saturated carbocycles. The zero-order valence-electron chi connectivity index (χ0n) is 10.3. The number of hydrogen-bond donors (Lipinski definition) is 0. The molecule has 0 saturated heterocycles. The van der Waals surface area contributed by atoms with Gasteiger partial charge in [-0.05, 0) is 20.1 Å². The maximum absolute atomic E-state index is 11.1. The zero-order valence-corrected chi connectivity index (χ0v) is 12.7. The number of rotatable bonds is 4. The largest absolute Gasteiger partial charge is 0.301 e. The molecule has 0 radical (unpaired) electrons. The topological polar surface area (TPSA) is 34.9 Å². The molecule has 3 nitrogen and oxygen atoms in total. The Morgan fingerprint density at radius 1 is 1.50 bits per heavy atom. The first kappa shape index (κ1) is 13.6. The van der Waals surface area contributed by atoms with E-state index in [1.807, 2.05) is 37.1 Å². The van der Waals surface area contributed by atoms with Gasteiger partial charge in [-0.3, -0.25) is 4.68 Å². The standard InChI is InChI=1S/C12H13ClN2OS2/c1-12(2,7-16)15-4-10(17-3)11(14-15)8-5-18-6-9(8)13/h4-7H,1-3H3. The summed E-state index contributed by atoms with van der Waals surface area (Å²) in [5, 5.41) is 9.07. The summed E-state index contributed by atoms with van der Waals surface area (Å²) in [4.78, 5) is 12.1. The van der Waals surface area contributed by atoms with Crippen molar-refractivity contribution in [3.8, 4) is 11.3 Å². The minimum absolute atomic E-state index is 0.648. The van der Waals surface area contributed by atoms with E-state index in [0.717, 1.165) is 22.4 Å². The van der Waals surface area contributed by atoms with Crippen LogP contribution in [0.25, 0.3) is 11.3 Å². The normalized spacial score (nSPS) is 11.8. The van der Waals surface area contributed by atoms with Crippen molar-refractivity contribution < 1.29 is 4.79 Å². The van der Waals surface area contributed by atoms with Crippen LogP contribution in [0.15, 0.2) is 21.9 Å². The molecule has 0 aliphatic rings. The van der Waals surface area contributed by atoms with E-state index < -0.39 is 5.54 Å². The number of carbonyl (C=O) groups excluding carboxylic acids is 1. The lowest BCUT2D eigenvalue weighted by Gasteiger charge is -2.17. The summed E-state index contributed by atoms with van der Waals surface area (Å²) < 4.78 is 1.69. The molecular formula is C12H13ClN2OS2. The Hall–Kier alpha value is -0.780. The van der Waals surface area contributed by atoms with E-state index in [1.165, 1.54) is 0 Å². The summed E-state index contributed by atoms with van der Waals surface area (Å²) in [6, 6.07) is 0. The Bertz CT molecular complexity index is 574. The van der Waals surface area contributed by atoms with E-state index >= 15 is 0 Å². The average Bonchev–Trinajstić information content (AvgIpc) is 2.94. The number of aromatic nitrogens is 2. The van der Waals surface area contributed by atoms with E-state index in [-0.39, 0.29) is 0 Å². The number of aldehydes is 1. The molecule has 0 bridgehead atoms. The Morgan fingerprint density at radius 2 is 2.22 bits per heavy atom. The molecule has 0 amide bonds. The van der Waals surface area contributed by atoms with Crippen molar-refractivity contribution in [1.29, 1.82) is 0 Å². The second-order valence-electron chi connectivity index (χ2n) is 4.40. The van der Waals surface area contributed by atoms with Gasteiger partial charge in [0.05, 0.1) is 9.92 Å². The molecule has 2 heterocycles. The summed E-state index contributed by atoms with van der Waals surface area (Å²) in [7, 11) is 0. The SMILES string of the molecule is CSc1cn(C(C)(C)C=O)nc1-c1cscc1Cl. The van der Waals surface area contributed by atoms with Crippen molar-refractivity contribution in [1.82, 2.24) is 9.78 Å². The molecule has 0 aromatic carbocycles. The molecule has 0 aliphatic carbocycles. The average molecular weight is 301 g/mol. The van der Waals surface area contributed by atoms with Gasteiger partial charge in [0.15, 0.2) is 0 Å². The lowest BCUT2D eigenvalue weighted by molar-refractivity contribution is -0.114. The van der Waals surface area contributed by atoms with Gasteiger partial charge in [0.25, 0.3) is 0 Å². The van der Waals surface area contributed by atoms with Crippen molar-refractivity contribution in [2.24, 2.45) is 0 Å². The van der Waals surface area contributed by atoms with Crippen LogP contribution in [0.4, 0.5) is 0 Å². The molecule has 0 N–H and O–H groups in total. The number of nitrogens with zero attached hydrogens (tertiary/aromatic N) is 2. The van der Waals surface area contributed by atoms with E-state index in [1.54, 1.807) is 27.8 Å². The van der Waals surface area contributed by atoms with Crippen molar-refractivity contribution >= 4 is 41.0 Å². The number of halogens is 1. The highest BCUT2D eigenvalue weighted by Gasteiger charge is 2.23. The number of hydrogen-bond acceptors (Lipinski definition) is 4. The molecule has 0 fully saturated rings. The maximum Gasteiger partial charge on any atom is 0.147 e. The van der Waals surface area contributed by atoms with Crippen LogP contribution in [0.2, 0.25) is 5.02 Å². The van der Waals surface area contributed by atoms with E-state index in [0.29, 0.717) is 5.02 Å². The second-order valence-corrected chi connectivity index (χ2v) is 6.39. The Morgan fingerprint density at radius 3 is 2.72 bits per heavy atom. The van der Waals surface area contributed by atoms with Crippen LogP contribution in [0, 0.1) is 0 Å². The molecular weight excluding hydrogens is 288 g/mol. The summed E-state index contributed by atoms with van der Waals surface area (Å²) in [5.41, 5.74) is 1.11. The molecule has 18 heavy (non-hydrogen) atoms. The number of thioether (sulfide) groups is 1. The number of thiophene rings is 1. The molecule has 0 spiro atoms. The fourth-order valence-corrected chi connectivity index (χ4v) is 3.10. The van der Waals surface area contributed by atoms with Crippen LogP contribution in [-0.2, 0) is 10.3 Å². The van der Waals surface area contributed by atoms with Gasteiger partial charge in [-0.25, -0.2) is 0 Å². The third-order valence-electron chi connectivity index (χ3n) is 2.65. The van der Waals surface area contributed by atoms with Gasteiger partial charge in [0.1, 0.15) is 17.5 Å². The van der Waals surface area contributed by atoms with Gasteiger partial charge in [-0.2, -0.15) is 16.4 Å². The lowest BCUT2D eigenvalue weighted by atomic mass is 10.1. The third-order valence-corrected chi connectivity index (χ3v) is 4.57. The zero-order chi connectivity index (χ0) is 13.3. The molecule has 96 valence electrons. The third kappa shape index (κ3) is 2.35. The van der Waals surface area contributed by atoms with Crippen LogP contribution < -0.4 is 0 Å². The first-order valence-electron chi connectivity index (χ1n) is 5.32. The Labute approximate surface area is 119 Å². The molecule has 2 aromatic rings. The van der Waals surface area contributed by atoms with E-state index in [2.05, 4.69) is 5.10 Å².